The lowest BCUT2D eigenvalue weighted by molar-refractivity contribution is -0.140. The van der Waals surface area contributed by atoms with Crippen LogP contribution >= 0.6 is 0 Å². The molecule has 1 aliphatic heterocycles. The Morgan fingerprint density at radius 1 is 0.583 bits per heavy atom. The minimum absolute atomic E-state index is 0.820. The SMILES string of the molecule is NCCCCC[C@@H]1C2CC3C4CCCCC4C4CCC[C@@H](C43)C2C(C2CCCCN2)C2C3CCC(C4C=CCCC4)C4=C3C(CCC4)C21. The second kappa shape index (κ2) is 13.4. The Morgan fingerprint density at radius 2 is 1.40 bits per heavy atom. The summed E-state index contributed by atoms with van der Waals surface area (Å²) in [5.41, 5.74) is 10.4. The van der Waals surface area contributed by atoms with Crippen molar-refractivity contribution >= 4 is 0 Å². The van der Waals surface area contributed by atoms with E-state index in [1.165, 1.54) is 83.6 Å². The van der Waals surface area contributed by atoms with Crippen LogP contribution in [0.15, 0.2) is 23.3 Å². The number of hydrogen-bond donors (Lipinski definition) is 2. The zero-order chi connectivity index (χ0) is 31.8. The fraction of sp³-hybridized carbons (Fsp3) is 0.913. The number of nitrogens with one attached hydrogen (secondary N) is 1. The molecule has 0 bridgehead atoms. The van der Waals surface area contributed by atoms with Crippen molar-refractivity contribution in [1.82, 2.24) is 5.32 Å². The highest BCUT2D eigenvalue weighted by Crippen LogP contribution is 2.74. The minimum atomic E-state index is 0.820. The number of piperidine rings is 1. The molecule has 0 radical (unpaired) electrons. The summed E-state index contributed by atoms with van der Waals surface area (Å²) in [6.45, 7) is 2.20. The van der Waals surface area contributed by atoms with Gasteiger partial charge in [0, 0.05) is 6.04 Å². The lowest BCUT2D eigenvalue weighted by Gasteiger charge is -2.62. The van der Waals surface area contributed by atoms with Crippen molar-refractivity contribution in [3.8, 4) is 0 Å². The summed E-state index contributed by atoms with van der Waals surface area (Å²) in [6, 6.07) is 0.820. The summed E-state index contributed by atoms with van der Waals surface area (Å²) in [7, 11) is 0. The smallest absolute Gasteiger partial charge is 0.0101 e. The maximum Gasteiger partial charge on any atom is 0.0101 e. The summed E-state index contributed by atoms with van der Waals surface area (Å²) in [5, 5.41) is 4.37. The average Bonchev–Trinajstić information content (AvgIpc) is 3.65. The van der Waals surface area contributed by atoms with Crippen molar-refractivity contribution < 1.29 is 0 Å². The summed E-state index contributed by atoms with van der Waals surface area (Å²) >= 11 is 0. The zero-order valence-corrected chi connectivity index (χ0v) is 30.7. The van der Waals surface area contributed by atoms with E-state index in [2.05, 4.69) is 28.6 Å². The lowest BCUT2D eigenvalue weighted by Crippen LogP contribution is -2.60. The molecule has 1 heterocycles. The van der Waals surface area contributed by atoms with Gasteiger partial charge in [-0.2, -0.15) is 0 Å². The monoisotopic (exact) mass is 653 g/mol. The Labute approximate surface area is 295 Å². The first-order valence-corrected chi connectivity index (χ1v) is 22.7. The summed E-state index contributed by atoms with van der Waals surface area (Å²) < 4.78 is 0. The first kappa shape index (κ1) is 32.1. The van der Waals surface area contributed by atoms with Gasteiger partial charge in [-0.25, -0.2) is 0 Å². The van der Waals surface area contributed by atoms with E-state index in [0.717, 1.165) is 107 Å². The first-order chi connectivity index (χ1) is 23.8. The van der Waals surface area contributed by atoms with E-state index in [4.69, 9.17) is 5.73 Å². The Morgan fingerprint density at radius 3 is 2.23 bits per heavy atom. The zero-order valence-electron chi connectivity index (χ0n) is 30.7. The fourth-order valence-corrected chi connectivity index (χ4v) is 17.7. The fourth-order valence-electron chi connectivity index (χ4n) is 17.7. The van der Waals surface area contributed by atoms with Crippen molar-refractivity contribution in [3.63, 3.8) is 0 Å². The molecule has 7 fully saturated rings. The first-order valence-electron chi connectivity index (χ1n) is 22.7. The average molecular weight is 653 g/mol. The number of allylic oxidation sites excluding steroid dienone is 4. The van der Waals surface area contributed by atoms with Gasteiger partial charge in [0.25, 0.3) is 0 Å². The van der Waals surface area contributed by atoms with Gasteiger partial charge in [0.2, 0.25) is 0 Å². The molecule has 6 saturated carbocycles. The highest BCUT2D eigenvalue weighted by molar-refractivity contribution is 5.36. The third kappa shape index (κ3) is 5.03. The van der Waals surface area contributed by atoms with E-state index in [1.54, 1.807) is 70.6 Å². The molecule has 1 saturated heterocycles. The molecule has 15 unspecified atom stereocenters. The van der Waals surface area contributed by atoms with Crippen molar-refractivity contribution in [3.05, 3.63) is 23.3 Å². The van der Waals surface area contributed by atoms with Gasteiger partial charge in [-0.3, -0.25) is 0 Å². The molecule has 2 heteroatoms. The van der Waals surface area contributed by atoms with E-state index in [-0.39, 0.29) is 0 Å². The molecular formula is C46H72N2. The van der Waals surface area contributed by atoms with Crippen LogP contribution in [0.4, 0.5) is 0 Å². The second-order valence-corrected chi connectivity index (χ2v) is 20.0. The molecule has 48 heavy (non-hydrogen) atoms. The normalized spacial score (nSPS) is 52.2. The maximum atomic E-state index is 6.12. The van der Waals surface area contributed by atoms with E-state index in [9.17, 15) is 0 Å². The topological polar surface area (TPSA) is 38.0 Å². The third-order valence-electron chi connectivity index (χ3n) is 18.6. The van der Waals surface area contributed by atoms with Gasteiger partial charge < -0.3 is 11.1 Å². The van der Waals surface area contributed by atoms with Crippen LogP contribution in [-0.4, -0.2) is 19.1 Å². The van der Waals surface area contributed by atoms with Gasteiger partial charge in [0.05, 0.1) is 0 Å². The number of fused-ring (bicyclic) bond motifs is 8. The van der Waals surface area contributed by atoms with Gasteiger partial charge >= 0.3 is 0 Å². The van der Waals surface area contributed by atoms with Crippen LogP contribution in [0.5, 0.6) is 0 Å². The highest BCUT2D eigenvalue weighted by atomic mass is 14.9. The van der Waals surface area contributed by atoms with Crippen LogP contribution < -0.4 is 11.1 Å². The number of rotatable bonds is 7. The van der Waals surface area contributed by atoms with Crippen LogP contribution in [0.3, 0.4) is 0 Å². The molecule has 266 valence electrons. The Bertz CT molecular complexity index is 1210. The van der Waals surface area contributed by atoms with E-state index < -0.39 is 0 Å². The largest absolute Gasteiger partial charge is 0.330 e. The molecule has 3 N–H and O–H groups in total. The highest BCUT2D eigenvalue weighted by Gasteiger charge is 2.68. The van der Waals surface area contributed by atoms with Crippen molar-refractivity contribution in [2.75, 3.05) is 13.1 Å². The second-order valence-electron chi connectivity index (χ2n) is 20.0. The number of unbranched alkanes of at least 4 members (excludes halogenated alkanes) is 2. The van der Waals surface area contributed by atoms with Crippen molar-refractivity contribution in [2.45, 2.75) is 154 Å². The Hall–Kier alpha value is -0.600. The minimum Gasteiger partial charge on any atom is -0.330 e. The van der Waals surface area contributed by atoms with Gasteiger partial charge in [-0.1, -0.05) is 61.8 Å². The van der Waals surface area contributed by atoms with Gasteiger partial charge in [0.15, 0.2) is 0 Å². The number of hydrogen-bond acceptors (Lipinski definition) is 2. The molecule has 0 aromatic heterocycles. The molecule has 17 atom stereocenters. The molecule has 2 nitrogen and oxygen atoms in total. The maximum absolute atomic E-state index is 6.12. The van der Waals surface area contributed by atoms with Crippen LogP contribution in [0.2, 0.25) is 0 Å². The summed E-state index contributed by atoms with van der Waals surface area (Å²) in [4.78, 5) is 0. The van der Waals surface area contributed by atoms with Gasteiger partial charge in [0.1, 0.15) is 0 Å². The third-order valence-corrected chi connectivity index (χ3v) is 18.6. The predicted molar refractivity (Wildman–Crippen MR) is 199 cm³/mol. The van der Waals surface area contributed by atoms with Crippen LogP contribution in [-0.2, 0) is 0 Å². The molecule has 10 aliphatic rings. The molecule has 10 rings (SSSR count). The number of nitrogens with two attached hydrogens (primary N) is 1. The van der Waals surface area contributed by atoms with E-state index >= 15 is 0 Å². The van der Waals surface area contributed by atoms with Crippen LogP contribution in [0, 0.1) is 94.7 Å². The van der Waals surface area contributed by atoms with Crippen LogP contribution in [0.25, 0.3) is 0 Å². The quantitative estimate of drug-likeness (QED) is 0.212. The summed E-state index contributed by atoms with van der Waals surface area (Å²) in [6.07, 6.45) is 39.9. The Balaban J connectivity index is 1.09. The molecule has 9 aliphatic carbocycles. The lowest BCUT2D eigenvalue weighted by atomic mass is 9.43. The molecular weight excluding hydrogens is 581 g/mol. The standard InChI is InChI=1S/C46H72N2/c47-25-9-2-5-17-34-39-27-38-31-16-7-6-15-30(31)33-19-12-21-36(42(33)38)44(39)46(40-22-8-10-26-48-40)45-37-24-23-29(28-13-3-1-4-14-28)32-18-11-20-35(41(32)37)43(34)45/h3,13,28-31,33-40,42-46,48H,1-2,4-12,14-27,47H2/t28?,29?,30?,31?,33?,34-,35?,36+,37?,38?,39?,40?,42?,43?,44?,45?,46?/m1/s1. The molecule has 0 spiro atoms. The molecule has 0 amide bonds. The van der Waals surface area contributed by atoms with E-state index in [0.29, 0.717) is 0 Å². The molecule has 0 aromatic carbocycles. The van der Waals surface area contributed by atoms with Crippen molar-refractivity contribution in [1.29, 1.82) is 0 Å². The van der Waals surface area contributed by atoms with Gasteiger partial charge in [-0.05, 0) is 217 Å². The Kier molecular flexibility index (Phi) is 8.97. The van der Waals surface area contributed by atoms with Gasteiger partial charge in [-0.15, -0.1) is 0 Å². The summed E-state index contributed by atoms with van der Waals surface area (Å²) in [5.74, 6) is 16.3. The van der Waals surface area contributed by atoms with Crippen molar-refractivity contribution in [2.24, 2.45) is 100 Å². The van der Waals surface area contributed by atoms with E-state index in [1.807, 2.05) is 0 Å². The molecule has 0 aromatic rings. The van der Waals surface area contributed by atoms with Crippen LogP contribution in [0.1, 0.15) is 148 Å². The predicted octanol–water partition coefficient (Wildman–Crippen LogP) is 10.7.